The monoisotopic (exact) mass is 463 g/mol. The predicted octanol–water partition coefficient (Wildman–Crippen LogP) is 6.11. The molecule has 5 rings (SSSR count). The summed E-state index contributed by atoms with van der Waals surface area (Å²) in [5.74, 6) is 0.0411. The van der Waals surface area contributed by atoms with Crippen molar-refractivity contribution in [2.24, 2.45) is 0 Å². The Morgan fingerprint density at radius 3 is 2.51 bits per heavy atom. The minimum absolute atomic E-state index is 0.0411. The van der Waals surface area contributed by atoms with E-state index in [0.29, 0.717) is 0 Å². The summed E-state index contributed by atoms with van der Waals surface area (Å²) in [4.78, 5) is 16.1. The predicted molar refractivity (Wildman–Crippen MR) is 140 cm³/mol. The van der Waals surface area contributed by atoms with Crippen molar-refractivity contribution in [1.82, 2.24) is 10.2 Å². The SMILES string of the molecule is N#Cc1ccc2c(c1)CCN(CCC1(NC(=O)c3ccccc3-c3ccccc3)CCCCC1)C2. The van der Waals surface area contributed by atoms with Crippen LogP contribution >= 0.6 is 0 Å². The van der Waals surface area contributed by atoms with Gasteiger partial charge in [0.15, 0.2) is 0 Å². The fourth-order valence-corrected chi connectivity index (χ4v) is 5.77. The van der Waals surface area contributed by atoms with Crippen LogP contribution in [0.15, 0.2) is 72.8 Å². The second-order valence-corrected chi connectivity index (χ2v) is 10.1. The quantitative estimate of drug-likeness (QED) is 0.480. The van der Waals surface area contributed by atoms with Crippen molar-refractivity contribution in [2.45, 2.75) is 57.0 Å². The van der Waals surface area contributed by atoms with Gasteiger partial charge in [0.1, 0.15) is 0 Å². The molecule has 0 atom stereocenters. The first-order chi connectivity index (χ1) is 17.2. The molecule has 1 fully saturated rings. The van der Waals surface area contributed by atoms with Gasteiger partial charge in [0.2, 0.25) is 0 Å². The fraction of sp³-hybridized carbons (Fsp3) is 0.355. The van der Waals surface area contributed by atoms with Crippen LogP contribution in [-0.2, 0) is 13.0 Å². The Kier molecular flexibility index (Phi) is 6.97. The Morgan fingerprint density at radius 2 is 1.71 bits per heavy atom. The maximum Gasteiger partial charge on any atom is 0.252 e. The first-order valence-corrected chi connectivity index (χ1v) is 12.9. The molecule has 1 aliphatic carbocycles. The van der Waals surface area contributed by atoms with Crippen LogP contribution in [0.1, 0.15) is 65.6 Å². The van der Waals surface area contributed by atoms with E-state index < -0.39 is 0 Å². The van der Waals surface area contributed by atoms with E-state index >= 15 is 0 Å². The third kappa shape index (κ3) is 5.31. The highest BCUT2D eigenvalue weighted by Crippen LogP contribution is 2.33. The molecule has 0 aromatic heterocycles. The van der Waals surface area contributed by atoms with Gasteiger partial charge in [0.05, 0.1) is 11.6 Å². The van der Waals surface area contributed by atoms with Crippen molar-refractivity contribution in [3.05, 3.63) is 95.1 Å². The third-order valence-corrected chi connectivity index (χ3v) is 7.78. The molecule has 0 unspecified atom stereocenters. The van der Waals surface area contributed by atoms with Gasteiger partial charge in [-0.2, -0.15) is 5.26 Å². The van der Waals surface area contributed by atoms with Gasteiger partial charge in [-0.25, -0.2) is 0 Å². The number of carbonyl (C=O) groups excluding carboxylic acids is 1. The zero-order valence-electron chi connectivity index (χ0n) is 20.3. The molecule has 178 valence electrons. The Labute approximate surface area is 208 Å². The fourth-order valence-electron chi connectivity index (χ4n) is 5.77. The lowest BCUT2D eigenvalue weighted by atomic mass is 9.78. The largest absolute Gasteiger partial charge is 0.347 e. The van der Waals surface area contributed by atoms with Gasteiger partial charge in [-0.05, 0) is 66.1 Å². The molecule has 1 heterocycles. The molecule has 3 aromatic rings. The van der Waals surface area contributed by atoms with Gasteiger partial charge in [-0.1, -0.05) is 73.9 Å². The molecule has 0 radical (unpaired) electrons. The van der Waals surface area contributed by atoms with E-state index in [-0.39, 0.29) is 11.4 Å². The molecular formula is C31H33N3O. The summed E-state index contributed by atoms with van der Waals surface area (Å²) in [6.07, 6.45) is 7.62. The van der Waals surface area contributed by atoms with Crippen molar-refractivity contribution < 1.29 is 4.79 Å². The number of carbonyl (C=O) groups is 1. The van der Waals surface area contributed by atoms with E-state index in [0.717, 1.165) is 67.6 Å². The van der Waals surface area contributed by atoms with Crippen LogP contribution in [0.5, 0.6) is 0 Å². The molecule has 4 heteroatoms. The molecule has 4 nitrogen and oxygen atoms in total. The molecule has 0 saturated heterocycles. The lowest BCUT2D eigenvalue weighted by molar-refractivity contribution is 0.0841. The summed E-state index contributed by atoms with van der Waals surface area (Å²) in [6.45, 7) is 2.89. The maximum absolute atomic E-state index is 13.6. The van der Waals surface area contributed by atoms with Crippen molar-refractivity contribution in [3.8, 4) is 17.2 Å². The van der Waals surface area contributed by atoms with Gasteiger partial charge in [0.25, 0.3) is 5.91 Å². The second kappa shape index (κ2) is 10.5. The molecule has 35 heavy (non-hydrogen) atoms. The van der Waals surface area contributed by atoms with Crippen molar-refractivity contribution >= 4 is 5.91 Å². The Hall–Kier alpha value is -3.42. The van der Waals surface area contributed by atoms with E-state index in [1.54, 1.807) is 0 Å². The van der Waals surface area contributed by atoms with Gasteiger partial charge in [-0.15, -0.1) is 0 Å². The summed E-state index contributed by atoms with van der Waals surface area (Å²) < 4.78 is 0. The Balaban J connectivity index is 1.30. The van der Waals surface area contributed by atoms with Gasteiger partial charge >= 0.3 is 0 Å². The zero-order chi connectivity index (χ0) is 24.1. The van der Waals surface area contributed by atoms with E-state index in [4.69, 9.17) is 0 Å². The zero-order valence-corrected chi connectivity index (χ0v) is 20.3. The van der Waals surface area contributed by atoms with Crippen LogP contribution in [0.2, 0.25) is 0 Å². The number of nitrogens with one attached hydrogen (secondary N) is 1. The number of fused-ring (bicyclic) bond motifs is 1. The molecule has 3 aromatic carbocycles. The number of hydrogen-bond donors (Lipinski definition) is 1. The number of rotatable bonds is 6. The van der Waals surface area contributed by atoms with Crippen molar-refractivity contribution in [1.29, 1.82) is 5.26 Å². The van der Waals surface area contributed by atoms with E-state index in [1.165, 1.54) is 30.4 Å². The van der Waals surface area contributed by atoms with E-state index in [1.807, 2.05) is 54.6 Å². The van der Waals surface area contributed by atoms with Crippen LogP contribution in [0, 0.1) is 11.3 Å². The maximum atomic E-state index is 13.6. The third-order valence-electron chi connectivity index (χ3n) is 7.78. The lowest BCUT2D eigenvalue weighted by Gasteiger charge is -2.40. The first kappa shape index (κ1) is 23.3. The van der Waals surface area contributed by atoms with Gasteiger partial charge in [0, 0.05) is 30.7 Å². The van der Waals surface area contributed by atoms with Gasteiger partial charge < -0.3 is 5.32 Å². The second-order valence-electron chi connectivity index (χ2n) is 10.1. The van der Waals surface area contributed by atoms with Crippen molar-refractivity contribution in [2.75, 3.05) is 13.1 Å². The molecule has 1 aliphatic heterocycles. The van der Waals surface area contributed by atoms with Crippen LogP contribution in [-0.4, -0.2) is 29.4 Å². The normalized spacial score (nSPS) is 17.2. The van der Waals surface area contributed by atoms with Crippen LogP contribution in [0.25, 0.3) is 11.1 Å². The molecule has 0 bridgehead atoms. The summed E-state index contributed by atoms with van der Waals surface area (Å²) in [5.41, 5.74) is 6.04. The Bertz CT molecular complexity index is 1220. The minimum Gasteiger partial charge on any atom is -0.347 e. The van der Waals surface area contributed by atoms with Crippen LogP contribution in [0.4, 0.5) is 0 Å². The number of amides is 1. The lowest BCUT2D eigenvalue weighted by Crippen LogP contribution is -2.51. The summed E-state index contributed by atoms with van der Waals surface area (Å²) >= 11 is 0. The standard InChI is InChI=1S/C31H33N3O/c32-22-24-13-14-27-23-34(19-15-26(27)21-24)20-18-31(16-7-2-8-17-31)33-30(35)29-12-6-5-11-28(29)25-9-3-1-4-10-25/h1,3-6,9-14,21H,2,7-8,15-20,23H2,(H,33,35). The molecular weight excluding hydrogens is 430 g/mol. The first-order valence-electron chi connectivity index (χ1n) is 12.9. The van der Waals surface area contributed by atoms with Crippen LogP contribution in [0.3, 0.4) is 0 Å². The highest BCUT2D eigenvalue weighted by atomic mass is 16.1. The molecule has 0 spiro atoms. The summed E-state index contributed by atoms with van der Waals surface area (Å²) in [5, 5.41) is 12.7. The summed E-state index contributed by atoms with van der Waals surface area (Å²) in [7, 11) is 0. The number of nitrogens with zero attached hydrogens (tertiary/aromatic N) is 2. The Morgan fingerprint density at radius 1 is 0.943 bits per heavy atom. The highest BCUT2D eigenvalue weighted by Gasteiger charge is 2.34. The topological polar surface area (TPSA) is 56.1 Å². The van der Waals surface area contributed by atoms with Gasteiger partial charge in [-0.3, -0.25) is 9.69 Å². The number of hydrogen-bond acceptors (Lipinski definition) is 3. The summed E-state index contributed by atoms with van der Waals surface area (Å²) in [6, 6.07) is 26.5. The number of nitriles is 1. The molecule has 1 N–H and O–H groups in total. The highest BCUT2D eigenvalue weighted by molar-refractivity contribution is 6.01. The smallest absolute Gasteiger partial charge is 0.252 e. The van der Waals surface area contributed by atoms with E-state index in [9.17, 15) is 10.1 Å². The minimum atomic E-state index is -0.149. The average Bonchev–Trinajstić information content (AvgIpc) is 2.92. The average molecular weight is 464 g/mol. The number of benzene rings is 3. The van der Waals surface area contributed by atoms with Crippen LogP contribution < -0.4 is 5.32 Å². The molecule has 1 amide bonds. The van der Waals surface area contributed by atoms with Crippen molar-refractivity contribution in [3.63, 3.8) is 0 Å². The molecule has 2 aliphatic rings. The molecule has 1 saturated carbocycles. The van der Waals surface area contributed by atoms with E-state index in [2.05, 4.69) is 34.5 Å².